The van der Waals surface area contributed by atoms with Crippen molar-refractivity contribution in [3.8, 4) is 5.75 Å². The van der Waals surface area contributed by atoms with Crippen molar-refractivity contribution in [3.05, 3.63) is 41.6 Å². The van der Waals surface area contributed by atoms with Gasteiger partial charge in [0.15, 0.2) is 0 Å². The molecule has 0 saturated heterocycles. The highest BCUT2D eigenvalue weighted by atomic mass is 16.5. The summed E-state index contributed by atoms with van der Waals surface area (Å²) in [4.78, 5) is 33.2. The van der Waals surface area contributed by atoms with Crippen LogP contribution in [0.15, 0.2) is 35.5 Å². The summed E-state index contributed by atoms with van der Waals surface area (Å²) in [5.74, 6) is 0.668. The predicted molar refractivity (Wildman–Crippen MR) is 117 cm³/mol. The molecule has 0 radical (unpaired) electrons. The minimum Gasteiger partial charge on any atom is -0.494 e. The Balaban J connectivity index is 1.67. The molecule has 4 N–H and O–H groups in total. The molecule has 10 heteroatoms. The molecular formula is C21H25N7O3. The number of rotatable bonds is 7. The summed E-state index contributed by atoms with van der Waals surface area (Å²) in [7, 11) is 5.00. The molecule has 162 valence electrons. The van der Waals surface area contributed by atoms with Gasteiger partial charge < -0.3 is 20.7 Å². The minimum atomic E-state index is -0.297. The number of para-hydroxylation sites is 1. The van der Waals surface area contributed by atoms with Gasteiger partial charge in [0.25, 0.3) is 5.91 Å². The van der Waals surface area contributed by atoms with E-state index >= 15 is 0 Å². The molecule has 31 heavy (non-hydrogen) atoms. The minimum absolute atomic E-state index is 0.0474. The van der Waals surface area contributed by atoms with Gasteiger partial charge in [-0.1, -0.05) is 12.1 Å². The Kier molecular flexibility index (Phi) is 5.72. The van der Waals surface area contributed by atoms with Gasteiger partial charge in [-0.05, 0) is 18.9 Å². The van der Waals surface area contributed by atoms with Crippen molar-refractivity contribution in [1.82, 2.24) is 20.7 Å². The van der Waals surface area contributed by atoms with Crippen LogP contribution in [0.2, 0.25) is 0 Å². The molecule has 1 saturated carbocycles. The molecule has 2 aliphatic rings. The number of hydrazine groups is 1. The Labute approximate surface area is 180 Å². The van der Waals surface area contributed by atoms with E-state index in [0.717, 1.165) is 18.4 Å². The summed E-state index contributed by atoms with van der Waals surface area (Å²) in [5, 5.41) is 10.5. The van der Waals surface area contributed by atoms with Gasteiger partial charge in [-0.15, -0.1) is 0 Å². The molecule has 1 atom stereocenters. The summed E-state index contributed by atoms with van der Waals surface area (Å²) in [6.07, 6.45) is 4.64. The lowest BCUT2D eigenvalue weighted by Gasteiger charge is -2.20. The average Bonchev–Trinajstić information content (AvgIpc) is 3.54. The number of carbonyl (C=O) groups excluding carboxylic acids is 2. The van der Waals surface area contributed by atoms with Gasteiger partial charge >= 0.3 is 0 Å². The number of aliphatic imine (C=N–C) groups is 1. The molecule has 1 aromatic heterocycles. The number of nitrogens with one attached hydrogen (secondary N) is 4. The molecule has 0 spiro atoms. The van der Waals surface area contributed by atoms with Crippen molar-refractivity contribution >= 4 is 35.3 Å². The smallest absolute Gasteiger partial charge is 0.254 e. The summed E-state index contributed by atoms with van der Waals surface area (Å²) in [6, 6.07) is 7.30. The second kappa shape index (κ2) is 8.60. The summed E-state index contributed by atoms with van der Waals surface area (Å²) in [6.45, 7) is 0. The van der Waals surface area contributed by atoms with Crippen LogP contribution in [0, 0.1) is 5.92 Å². The normalized spacial score (nSPS) is 17.4. The number of aromatic nitrogens is 1. The second-order valence-corrected chi connectivity index (χ2v) is 7.42. The number of carbonyl (C=O) groups is 2. The highest BCUT2D eigenvalue weighted by Gasteiger charge is 2.30. The molecule has 2 heterocycles. The number of amides is 2. The molecule has 0 bridgehead atoms. The first-order valence-corrected chi connectivity index (χ1v) is 9.99. The van der Waals surface area contributed by atoms with Crippen LogP contribution in [-0.2, 0) is 4.79 Å². The molecule has 1 aliphatic carbocycles. The zero-order valence-electron chi connectivity index (χ0n) is 17.6. The van der Waals surface area contributed by atoms with Crippen molar-refractivity contribution in [2.75, 3.05) is 31.8 Å². The van der Waals surface area contributed by atoms with Crippen molar-refractivity contribution < 1.29 is 14.3 Å². The van der Waals surface area contributed by atoms with Gasteiger partial charge in [0, 0.05) is 37.8 Å². The first-order valence-electron chi connectivity index (χ1n) is 9.99. The molecule has 2 amide bonds. The van der Waals surface area contributed by atoms with Crippen LogP contribution in [0.1, 0.15) is 34.9 Å². The van der Waals surface area contributed by atoms with E-state index in [1.165, 1.54) is 6.20 Å². The van der Waals surface area contributed by atoms with Crippen LogP contribution in [0.3, 0.4) is 0 Å². The number of benzene rings is 1. The van der Waals surface area contributed by atoms with Crippen LogP contribution in [0.5, 0.6) is 5.75 Å². The largest absolute Gasteiger partial charge is 0.494 e. The zero-order valence-corrected chi connectivity index (χ0v) is 17.6. The monoisotopic (exact) mass is 423 g/mol. The quantitative estimate of drug-likeness (QED) is 0.538. The van der Waals surface area contributed by atoms with E-state index in [4.69, 9.17) is 4.74 Å². The van der Waals surface area contributed by atoms with Crippen LogP contribution >= 0.6 is 0 Å². The number of pyridine rings is 1. The molecule has 10 nitrogen and oxygen atoms in total. The van der Waals surface area contributed by atoms with Crippen molar-refractivity contribution in [2.45, 2.75) is 19.0 Å². The number of hydrogen-bond acceptors (Lipinski definition) is 8. The predicted octanol–water partition coefficient (Wildman–Crippen LogP) is 2.02. The Morgan fingerprint density at radius 2 is 2.06 bits per heavy atom. The lowest BCUT2D eigenvalue weighted by molar-refractivity contribution is -0.117. The Morgan fingerprint density at radius 1 is 1.26 bits per heavy atom. The van der Waals surface area contributed by atoms with Gasteiger partial charge in [-0.2, -0.15) is 0 Å². The standard InChI is InChI=1S/C21H25N7O3/c1-22-21(30)14-10-23-17(26-20(29)12-7-8-12)9-16(14)25-15-6-4-5-13(18(15)31-3)19-24-11-28(2)27-19/h4-6,9-12,19,27H,7-8H2,1-3H3,(H,22,30)(H2,23,25,26,29). The van der Waals surface area contributed by atoms with E-state index in [2.05, 4.69) is 31.4 Å². The van der Waals surface area contributed by atoms with E-state index < -0.39 is 0 Å². The molecular weight excluding hydrogens is 398 g/mol. The van der Waals surface area contributed by atoms with Gasteiger partial charge in [-0.25, -0.2) is 15.4 Å². The Hall–Kier alpha value is -3.66. The van der Waals surface area contributed by atoms with E-state index in [1.54, 1.807) is 31.6 Å². The molecule has 1 fully saturated rings. The second-order valence-electron chi connectivity index (χ2n) is 7.42. The first-order chi connectivity index (χ1) is 15.0. The molecule has 1 aromatic carbocycles. The van der Waals surface area contributed by atoms with Crippen LogP contribution in [-0.4, -0.2) is 49.4 Å². The third-order valence-corrected chi connectivity index (χ3v) is 5.10. The number of hydrogen-bond donors (Lipinski definition) is 4. The third-order valence-electron chi connectivity index (χ3n) is 5.10. The maximum atomic E-state index is 12.4. The zero-order chi connectivity index (χ0) is 22.0. The fourth-order valence-corrected chi connectivity index (χ4v) is 3.33. The number of methoxy groups -OCH3 is 1. The van der Waals surface area contributed by atoms with Gasteiger partial charge in [0.05, 0.1) is 24.0 Å². The fourth-order valence-electron chi connectivity index (χ4n) is 3.33. The Bertz CT molecular complexity index is 1040. The third kappa shape index (κ3) is 4.43. The van der Waals surface area contributed by atoms with E-state index in [-0.39, 0.29) is 23.9 Å². The first kappa shape index (κ1) is 20.6. The lowest BCUT2D eigenvalue weighted by Crippen LogP contribution is -2.29. The van der Waals surface area contributed by atoms with Gasteiger partial charge in [0.2, 0.25) is 5.91 Å². The Morgan fingerprint density at radius 3 is 2.71 bits per heavy atom. The highest BCUT2D eigenvalue weighted by Crippen LogP contribution is 2.37. The van der Waals surface area contributed by atoms with Crippen molar-refractivity contribution in [2.24, 2.45) is 10.9 Å². The number of ether oxygens (including phenoxy) is 1. The highest BCUT2D eigenvalue weighted by molar-refractivity contribution is 6.01. The van der Waals surface area contributed by atoms with Crippen LogP contribution in [0.25, 0.3) is 0 Å². The van der Waals surface area contributed by atoms with Gasteiger partial charge in [-0.3, -0.25) is 14.6 Å². The average molecular weight is 423 g/mol. The lowest BCUT2D eigenvalue weighted by atomic mass is 10.1. The van der Waals surface area contributed by atoms with Crippen molar-refractivity contribution in [3.63, 3.8) is 0 Å². The SMILES string of the molecule is CNC(=O)c1cnc(NC(=O)C2CC2)cc1Nc1cccc(C2N=CN(C)N2)c1OC. The topological polar surface area (TPSA) is 120 Å². The fraction of sp³-hybridized carbons (Fsp3) is 0.333. The molecule has 1 unspecified atom stereocenters. The summed E-state index contributed by atoms with van der Waals surface area (Å²) < 4.78 is 5.68. The summed E-state index contributed by atoms with van der Waals surface area (Å²) >= 11 is 0. The van der Waals surface area contributed by atoms with Gasteiger partial charge in [0.1, 0.15) is 24.1 Å². The van der Waals surface area contributed by atoms with E-state index in [1.807, 2.05) is 25.2 Å². The number of anilines is 3. The van der Waals surface area contributed by atoms with Crippen molar-refractivity contribution in [1.29, 1.82) is 0 Å². The molecule has 1 aliphatic heterocycles. The molecule has 2 aromatic rings. The number of nitrogens with zero attached hydrogens (tertiary/aromatic N) is 3. The van der Waals surface area contributed by atoms with E-state index in [9.17, 15) is 9.59 Å². The van der Waals surface area contributed by atoms with E-state index in [0.29, 0.717) is 28.5 Å². The molecule has 4 rings (SSSR count). The summed E-state index contributed by atoms with van der Waals surface area (Å²) in [5.41, 5.74) is 5.54. The maximum Gasteiger partial charge on any atom is 0.254 e. The maximum absolute atomic E-state index is 12.4. The van der Waals surface area contributed by atoms with Crippen LogP contribution in [0.4, 0.5) is 17.2 Å². The van der Waals surface area contributed by atoms with Crippen LogP contribution < -0.4 is 26.1 Å².